The third-order valence-corrected chi connectivity index (χ3v) is 3.97. The number of rotatable bonds is 8. The van der Waals surface area contributed by atoms with Gasteiger partial charge in [0.15, 0.2) is 0 Å². The second-order valence-corrected chi connectivity index (χ2v) is 6.04. The average Bonchev–Trinajstić information content (AvgIpc) is 2.97. The van der Waals surface area contributed by atoms with Gasteiger partial charge in [0.25, 0.3) is 0 Å². The fraction of sp³-hybridized carbons (Fsp3) is 0.500. The van der Waals surface area contributed by atoms with Crippen LogP contribution in [0.25, 0.3) is 0 Å². The number of hydrogen-bond acceptors (Lipinski definition) is 3. The summed E-state index contributed by atoms with van der Waals surface area (Å²) in [7, 11) is 0. The SMILES string of the molecule is CC(=O)NCCCCCC(=O)Nc1cccc(N2CCCC2=O)c1. The lowest BCUT2D eigenvalue weighted by Crippen LogP contribution is -2.23. The number of anilines is 2. The van der Waals surface area contributed by atoms with Crippen molar-refractivity contribution in [3.63, 3.8) is 0 Å². The van der Waals surface area contributed by atoms with Crippen molar-refractivity contribution in [2.24, 2.45) is 0 Å². The summed E-state index contributed by atoms with van der Waals surface area (Å²) in [4.78, 5) is 36.3. The molecule has 2 N–H and O–H groups in total. The van der Waals surface area contributed by atoms with Crippen LogP contribution in [0, 0.1) is 0 Å². The highest BCUT2D eigenvalue weighted by Gasteiger charge is 2.21. The maximum atomic E-state index is 12.0. The van der Waals surface area contributed by atoms with Gasteiger partial charge in [-0.15, -0.1) is 0 Å². The molecule has 1 aromatic carbocycles. The number of hydrogen-bond donors (Lipinski definition) is 2. The summed E-state index contributed by atoms with van der Waals surface area (Å²) in [5.74, 6) is 0.0844. The lowest BCUT2D eigenvalue weighted by Gasteiger charge is -2.16. The topological polar surface area (TPSA) is 78.5 Å². The number of amides is 3. The van der Waals surface area contributed by atoms with E-state index in [1.807, 2.05) is 24.3 Å². The van der Waals surface area contributed by atoms with E-state index in [1.54, 1.807) is 4.90 Å². The molecule has 1 aliphatic rings. The molecule has 0 aliphatic carbocycles. The van der Waals surface area contributed by atoms with E-state index in [4.69, 9.17) is 0 Å². The van der Waals surface area contributed by atoms with Gasteiger partial charge in [-0.05, 0) is 37.5 Å². The smallest absolute Gasteiger partial charge is 0.227 e. The summed E-state index contributed by atoms with van der Waals surface area (Å²) in [6.07, 6.45) is 4.49. The number of carbonyl (C=O) groups is 3. The first kappa shape index (κ1) is 18.0. The predicted octanol–water partition coefficient (Wildman–Crippen LogP) is 2.45. The minimum Gasteiger partial charge on any atom is -0.356 e. The Morgan fingerprint density at radius 1 is 1.21 bits per heavy atom. The second kappa shape index (κ2) is 9.05. The maximum absolute atomic E-state index is 12.0. The van der Waals surface area contributed by atoms with Crippen LogP contribution in [0.3, 0.4) is 0 Å². The van der Waals surface area contributed by atoms with Gasteiger partial charge in [0.2, 0.25) is 17.7 Å². The van der Waals surface area contributed by atoms with E-state index >= 15 is 0 Å². The number of carbonyl (C=O) groups excluding carboxylic acids is 3. The van der Waals surface area contributed by atoms with Gasteiger partial charge in [0.1, 0.15) is 0 Å². The van der Waals surface area contributed by atoms with Crippen molar-refractivity contribution in [1.82, 2.24) is 5.32 Å². The van der Waals surface area contributed by atoms with Crippen molar-refractivity contribution < 1.29 is 14.4 Å². The molecule has 0 aromatic heterocycles. The molecule has 1 fully saturated rings. The standard InChI is InChI=1S/C18H25N3O3/c1-14(22)19-11-4-2-3-9-17(23)20-15-7-5-8-16(13-15)21-12-6-10-18(21)24/h5,7-8,13H,2-4,6,9-12H2,1H3,(H,19,22)(H,20,23). The zero-order chi connectivity index (χ0) is 17.4. The minimum atomic E-state index is -0.0283. The molecule has 0 spiro atoms. The molecule has 2 rings (SSSR count). The Hall–Kier alpha value is -2.37. The van der Waals surface area contributed by atoms with Gasteiger partial charge in [-0.3, -0.25) is 14.4 Å². The molecule has 0 atom stereocenters. The molecule has 1 aliphatic heterocycles. The van der Waals surface area contributed by atoms with E-state index in [-0.39, 0.29) is 17.7 Å². The van der Waals surface area contributed by atoms with E-state index in [9.17, 15) is 14.4 Å². The molecular weight excluding hydrogens is 306 g/mol. The van der Waals surface area contributed by atoms with Crippen LogP contribution in [0.2, 0.25) is 0 Å². The molecule has 130 valence electrons. The van der Waals surface area contributed by atoms with Crippen LogP contribution in [0.15, 0.2) is 24.3 Å². The van der Waals surface area contributed by atoms with Gasteiger partial charge < -0.3 is 15.5 Å². The fourth-order valence-electron chi connectivity index (χ4n) is 2.75. The highest BCUT2D eigenvalue weighted by molar-refractivity contribution is 5.97. The van der Waals surface area contributed by atoms with Crippen LogP contribution >= 0.6 is 0 Å². The Balaban J connectivity index is 1.73. The van der Waals surface area contributed by atoms with Crippen LogP contribution < -0.4 is 15.5 Å². The van der Waals surface area contributed by atoms with Gasteiger partial charge in [-0.2, -0.15) is 0 Å². The minimum absolute atomic E-state index is 0.0240. The predicted molar refractivity (Wildman–Crippen MR) is 93.8 cm³/mol. The van der Waals surface area contributed by atoms with E-state index < -0.39 is 0 Å². The Morgan fingerprint density at radius 2 is 2.04 bits per heavy atom. The third-order valence-electron chi connectivity index (χ3n) is 3.97. The lowest BCUT2D eigenvalue weighted by atomic mass is 10.2. The monoisotopic (exact) mass is 331 g/mol. The number of nitrogens with one attached hydrogen (secondary N) is 2. The zero-order valence-corrected chi connectivity index (χ0v) is 14.1. The van der Waals surface area contributed by atoms with Gasteiger partial charge in [-0.25, -0.2) is 0 Å². The number of nitrogens with zero attached hydrogens (tertiary/aromatic N) is 1. The van der Waals surface area contributed by atoms with Crippen molar-refractivity contribution in [3.8, 4) is 0 Å². The summed E-state index contributed by atoms with van der Waals surface area (Å²) in [5, 5.41) is 5.62. The molecule has 0 radical (unpaired) electrons. The highest BCUT2D eigenvalue weighted by Crippen LogP contribution is 2.24. The maximum Gasteiger partial charge on any atom is 0.227 e. The van der Waals surface area contributed by atoms with Gasteiger partial charge in [0, 0.05) is 44.2 Å². The molecular formula is C18H25N3O3. The van der Waals surface area contributed by atoms with E-state index in [0.717, 1.165) is 43.6 Å². The van der Waals surface area contributed by atoms with E-state index in [2.05, 4.69) is 10.6 Å². The van der Waals surface area contributed by atoms with Gasteiger partial charge in [-0.1, -0.05) is 12.5 Å². The molecule has 6 nitrogen and oxygen atoms in total. The first-order valence-electron chi connectivity index (χ1n) is 8.51. The summed E-state index contributed by atoms with van der Waals surface area (Å²) < 4.78 is 0. The molecule has 3 amide bonds. The summed E-state index contributed by atoms with van der Waals surface area (Å²) in [5.41, 5.74) is 1.56. The van der Waals surface area contributed by atoms with Crippen LogP contribution in [-0.4, -0.2) is 30.8 Å². The van der Waals surface area contributed by atoms with Crippen LogP contribution in [-0.2, 0) is 14.4 Å². The van der Waals surface area contributed by atoms with Crippen LogP contribution in [0.4, 0.5) is 11.4 Å². The highest BCUT2D eigenvalue weighted by atomic mass is 16.2. The Labute approximate surface area is 142 Å². The van der Waals surface area contributed by atoms with E-state index in [0.29, 0.717) is 19.4 Å². The molecule has 0 unspecified atom stereocenters. The fourth-order valence-corrected chi connectivity index (χ4v) is 2.75. The average molecular weight is 331 g/mol. The largest absolute Gasteiger partial charge is 0.356 e. The van der Waals surface area contributed by atoms with Crippen molar-refractivity contribution in [2.75, 3.05) is 23.3 Å². The Morgan fingerprint density at radius 3 is 2.75 bits per heavy atom. The third kappa shape index (κ3) is 5.68. The zero-order valence-electron chi connectivity index (χ0n) is 14.1. The molecule has 0 saturated carbocycles. The first-order chi connectivity index (χ1) is 11.6. The van der Waals surface area contributed by atoms with Crippen LogP contribution in [0.5, 0.6) is 0 Å². The van der Waals surface area contributed by atoms with Crippen molar-refractivity contribution >= 4 is 29.1 Å². The second-order valence-electron chi connectivity index (χ2n) is 6.04. The lowest BCUT2D eigenvalue weighted by molar-refractivity contribution is -0.119. The number of unbranched alkanes of at least 4 members (excludes halogenated alkanes) is 2. The van der Waals surface area contributed by atoms with Gasteiger partial charge in [0.05, 0.1) is 0 Å². The van der Waals surface area contributed by atoms with Crippen LogP contribution in [0.1, 0.15) is 45.4 Å². The normalized spacial score (nSPS) is 13.9. The summed E-state index contributed by atoms with van der Waals surface area (Å²) in [6, 6.07) is 7.42. The Kier molecular flexibility index (Phi) is 6.78. The Bertz CT molecular complexity index is 601. The quantitative estimate of drug-likeness (QED) is 0.718. The molecule has 24 heavy (non-hydrogen) atoms. The molecule has 1 heterocycles. The summed E-state index contributed by atoms with van der Waals surface area (Å²) >= 11 is 0. The molecule has 0 bridgehead atoms. The van der Waals surface area contributed by atoms with Crippen molar-refractivity contribution in [1.29, 1.82) is 0 Å². The van der Waals surface area contributed by atoms with Crippen molar-refractivity contribution in [3.05, 3.63) is 24.3 Å². The molecule has 1 saturated heterocycles. The summed E-state index contributed by atoms with van der Waals surface area (Å²) in [6.45, 7) is 2.89. The van der Waals surface area contributed by atoms with Crippen molar-refractivity contribution in [2.45, 2.75) is 45.4 Å². The molecule has 1 aromatic rings. The van der Waals surface area contributed by atoms with E-state index in [1.165, 1.54) is 6.92 Å². The number of benzene rings is 1. The molecule has 6 heteroatoms. The first-order valence-corrected chi connectivity index (χ1v) is 8.51. The van der Waals surface area contributed by atoms with Gasteiger partial charge >= 0.3 is 0 Å².